The summed E-state index contributed by atoms with van der Waals surface area (Å²) in [5.74, 6) is 0. The first-order valence-electron chi connectivity index (χ1n) is 6.10. The molecule has 88 valence electrons. The number of halogens is 1. The van der Waals surface area contributed by atoms with Crippen LogP contribution in [-0.4, -0.2) is 0 Å². The predicted octanol–water partition coefficient (Wildman–Crippen LogP) is 4.18. The zero-order valence-electron chi connectivity index (χ0n) is 10.1. The van der Waals surface area contributed by atoms with E-state index in [4.69, 9.17) is 5.73 Å². The number of aryl methyl sites for hydroxylation is 1. The van der Waals surface area contributed by atoms with Gasteiger partial charge in [0, 0.05) is 10.0 Å². The fraction of sp³-hybridized carbons (Fsp3) is 0.571. The van der Waals surface area contributed by atoms with Crippen molar-refractivity contribution in [2.45, 2.75) is 51.5 Å². The molecule has 0 saturated heterocycles. The van der Waals surface area contributed by atoms with Crippen LogP contribution < -0.4 is 5.73 Å². The maximum absolute atomic E-state index is 6.58. The van der Waals surface area contributed by atoms with E-state index in [0.29, 0.717) is 0 Å². The van der Waals surface area contributed by atoms with Gasteiger partial charge in [0.25, 0.3) is 0 Å². The SMILES string of the molecule is Cc1ccc(C2(N)CCCCC2)c(C)c1Br. The molecule has 1 aliphatic carbocycles. The van der Waals surface area contributed by atoms with E-state index in [1.54, 1.807) is 0 Å². The van der Waals surface area contributed by atoms with Gasteiger partial charge >= 0.3 is 0 Å². The second-order valence-corrected chi connectivity index (χ2v) is 5.88. The fourth-order valence-electron chi connectivity index (χ4n) is 2.81. The Hall–Kier alpha value is -0.340. The second kappa shape index (κ2) is 4.50. The fourth-order valence-corrected chi connectivity index (χ4v) is 3.16. The van der Waals surface area contributed by atoms with Crippen molar-refractivity contribution in [3.8, 4) is 0 Å². The highest BCUT2D eigenvalue weighted by Gasteiger charge is 2.31. The van der Waals surface area contributed by atoms with Gasteiger partial charge in [0.05, 0.1) is 0 Å². The molecule has 1 saturated carbocycles. The summed E-state index contributed by atoms with van der Waals surface area (Å²) in [6, 6.07) is 4.40. The van der Waals surface area contributed by atoms with Gasteiger partial charge in [0.15, 0.2) is 0 Å². The van der Waals surface area contributed by atoms with E-state index in [1.165, 1.54) is 40.4 Å². The van der Waals surface area contributed by atoms with Crippen molar-refractivity contribution in [3.05, 3.63) is 33.3 Å². The molecule has 0 atom stereocenters. The molecule has 2 heteroatoms. The molecule has 0 unspecified atom stereocenters. The molecule has 1 aromatic carbocycles. The number of benzene rings is 1. The highest BCUT2D eigenvalue weighted by molar-refractivity contribution is 9.10. The molecule has 0 heterocycles. The number of rotatable bonds is 1. The summed E-state index contributed by atoms with van der Waals surface area (Å²) in [5, 5.41) is 0. The monoisotopic (exact) mass is 281 g/mol. The normalized spacial score (nSPS) is 19.8. The molecule has 1 aliphatic rings. The van der Waals surface area contributed by atoms with E-state index < -0.39 is 0 Å². The van der Waals surface area contributed by atoms with Gasteiger partial charge in [0.1, 0.15) is 0 Å². The lowest BCUT2D eigenvalue weighted by atomic mass is 9.76. The molecule has 1 nitrogen and oxygen atoms in total. The highest BCUT2D eigenvalue weighted by Crippen LogP contribution is 2.38. The smallest absolute Gasteiger partial charge is 0.0412 e. The summed E-state index contributed by atoms with van der Waals surface area (Å²) < 4.78 is 1.22. The van der Waals surface area contributed by atoms with Crippen molar-refractivity contribution < 1.29 is 0 Å². The summed E-state index contributed by atoms with van der Waals surface area (Å²) in [7, 11) is 0. The zero-order valence-corrected chi connectivity index (χ0v) is 11.7. The van der Waals surface area contributed by atoms with Gasteiger partial charge in [-0.1, -0.05) is 47.3 Å². The van der Waals surface area contributed by atoms with Crippen LogP contribution in [0.2, 0.25) is 0 Å². The lowest BCUT2D eigenvalue weighted by molar-refractivity contribution is 0.301. The maximum atomic E-state index is 6.58. The van der Waals surface area contributed by atoms with Crippen LogP contribution in [0.1, 0.15) is 48.8 Å². The molecule has 0 aliphatic heterocycles. The standard InChI is InChI=1S/C14H20BrN/c1-10-6-7-12(11(2)13(10)15)14(16)8-4-3-5-9-14/h6-7H,3-5,8-9,16H2,1-2H3. The van der Waals surface area contributed by atoms with Gasteiger partial charge in [-0.25, -0.2) is 0 Å². The van der Waals surface area contributed by atoms with Crippen molar-refractivity contribution in [1.82, 2.24) is 0 Å². The third-order valence-corrected chi connectivity index (χ3v) is 5.08. The third-order valence-electron chi connectivity index (χ3n) is 3.86. The van der Waals surface area contributed by atoms with E-state index in [-0.39, 0.29) is 5.54 Å². The number of nitrogens with two attached hydrogens (primary N) is 1. The molecule has 2 N–H and O–H groups in total. The van der Waals surface area contributed by atoms with Crippen LogP contribution in [-0.2, 0) is 5.54 Å². The second-order valence-electron chi connectivity index (χ2n) is 5.09. The molecule has 16 heavy (non-hydrogen) atoms. The summed E-state index contributed by atoms with van der Waals surface area (Å²) >= 11 is 3.67. The molecule has 1 fully saturated rings. The maximum Gasteiger partial charge on any atom is 0.0412 e. The Bertz CT molecular complexity index is 392. The van der Waals surface area contributed by atoms with Crippen LogP contribution in [0.4, 0.5) is 0 Å². The van der Waals surface area contributed by atoms with Crippen molar-refractivity contribution in [2.75, 3.05) is 0 Å². The molecular formula is C14H20BrN. The Morgan fingerprint density at radius 2 is 1.75 bits per heavy atom. The minimum absolute atomic E-state index is 0.0848. The van der Waals surface area contributed by atoms with Gasteiger partial charge in [-0.15, -0.1) is 0 Å². The summed E-state index contributed by atoms with van der Waals surface area (Å²) in [6.45, 7) is 4.31. The summed E-state index contributed by atoms with van der Waals surface area (Å²) in [4.78, 5) is 0. The molecule has 0 aromatic heterocycles. The van der Waals surface area contributed by atoms with Gasteiger partial charge in [-0.05, 0) is 43.4 Å². The van der Waals surface area contributed by atoms with Gasteiger partial charge in [-0.3, -0.25) is 0 Å². The Labute approximate surface area is 107 Å². The first-order chi connectivity index (χ1) is 7.54. The average Bonchev–Trinajstić information content (AvgIpc) is 2.27. The topological polar surface area (TPSA) is 26.0 Å². The molecule has 0 spiro atoms. The number of hydrogen-bond acceptors (Lipinski definition) is 1. The van der Waals surface area contributed by atoms with E-state index in [9.17, 15) is 0 Å². The van der Waals surface area contributed by atoms with Crippen LogP contribution in [0.25, 0.3) is 0 Å². The van der Waals surface area contributed by atoms with Gasteiger partial charge < -0.3 is 5.73 Å². The van der Waals surface area contributed by atoms with Gasteiger partial charge in [0.2, 0.25) is 0 Å². The molecule has 0 amide bonds. The molecular weight excluding hydrogens is 262 g/mol. The molecule has 0 bridgehead atoms. The molecule has 2 rings (SSSR count). The minimum atomic E-state index is -0.0848. The largest absolute Gasteiger partial charge is 0.321 e. The van der Waals surface area contributed by atoms with Crippen molar-refractivity contribution in [2.24, 2.45) is 5.73 Å². The minimum Gasteiger partial charge on any atom is -0.321 e. The zero-order chi connectivity index (χ0) is 11.8. The molecule has 0 radical (unpaired) electrons. The van der Waals surface area contributed by atoms with Crippen LogP contribution in [0.5, 0.6) is 0 Å². The van der Waals surface area contributed by atoms with Crippen molar-refractivity contribution >= 4 is 15.9 Å². The summed E-state index contributed by atoms with van der Waals surface area (Å²) in [5.41, 5.74) is 10.4. The first-order valence-corrected chi connectivity index (χ1v) is 6.89. The Morgan fingerprint density at radius 3 is 2.38 bits per heavy atom. The van der Waals surface area contributed by atoms with Crippen LogP contribution in [0.15, 0.2) is 16.6 Å². The highest BCUT2D eigenvalue weighted by atomic mass is 79.9. The van der Waals surface area contributed by atoms with Gasteiger partial charge in [-0.2, -0.15) is 0 Å². The lowest BCUT2D eigenvalue weighted by Gasteiger charge is -2.35. The van der Waals surface area contributed by atoms with Crippen LogP contribution in [0, 0.1) is 13.8 Å². The summed E-state index contributed by atoms with van der Waals surface area (Å²) in [6.07, 6.45) is 6.13. The Kier molecular flexibility index (Phi) is 3.41. The lowest BCUT2D eigenvalue weighted by Crippen LogP contribution is -2.39. The van der Waals surface area contributed by atoms with Crippen molar-refractivity contribution in [1.29, 1.82) is 0 Å². The first kappa shape index (κ1) is 12.1. The Morgan fingerprint density at radius 1 is 1.12 bits per heavy atom. The Balaban J connectivity index is 2.43. The van der Waals surface area contributed by atoms with Crippen LogP contribution in [0.3, 0.4) is 0 Å². The molecule has 1 aromatic rings. The van der Waals surface area contributed by atoms with E-state index >= 15 is 0 Å². The van der Waals surface area contributed by atoms with Crippen LogP contribution >= 0.6 is 15.9 Å². The average molecular weight is 282 g/mol. The van der Waals surface area contributed by atoms with Crippen molar-refractivity contribution in [3.63, 3.8) is 0 Å². The predicted molar refractivity (Wildman–Crippen MR) is 72.6 cm³/mol. The number of hydrogen-bond donors (Lipinski definition) is 1. The quantitative estimate of drug-likeness (QED) is 0.821. The third kappa shape index (κ3) is 2.05. The van der Waals surface area contributed by atoms with E-state index in [1.807, 2.05) is 0 Å². The van der Waals surface area contributed by atoms with E-state index in [2.05, 4.69) is 41.9 Å². The van der Waals surface area contributed by atoms with E-state index in [0.717, 1.165) is 12.8 Å².